The lowest BCUT2D eigenvalue weighted by atomic mass is 9.39. The molecule has 7 rings (SSSR count). The maximum Gasteiger partial charge on any atom is 0.304 e. The first-order valence-electron chi connectivity index (χ1n) is 27.9. The number of fused-ring (bicyclic) bond motifs is 7. The highest BCUT2D eigenvalue weighted by atomic mass is 16.4. The zero-order valence-corrected chi connectivity index (χ0v) is 49.0. The predicted octanol–water partition coefficient (Wildman–Crippen LogP) is 15.8. The average molecular weight is 1040 g/mol. The van der Waals surface area contributed by atoms with E-state index in [-0.39, 0.29) is 40.5 Å². The van der Waals surface area contributed by atoms with Gasteiger partial charge in [-0.3, -0.25) is 9.59 Å². The number of nitrogens with zero attached hydrogens (tertiary/aromatic N) is 4. The summed E-state index contributed by atoms with van der Waals surface area (Å²) in [6.45, 7) is 48.1. The van der Waals surface area contributed by atoms with Crippen molar-refractivity contribution in [3.8, 4) is 17.5 Å². The molecule has 5 aliphatic rings. The molecule has 0 radical (unpaired) electrons. The highest BCUT2D eigenvalue weighted by molar-refractivity contribution is 6.00. The maximum atomic E-state index is 14.0. The average Bonchev–Trinajstić information content (AvgIpc) is 3.93. The van der Waals surface area contributed by atoms with E-state index < -0.39 is 22.9 Å². The van der Waals surface area contributed by atoms with Crippen LogP contribution in [0.4, 0.5) is 0 Å². The van der Waals surface area contributed by atoms with Crippen molar-refractivity contribution in [1.29, 1.82) is 5.26 Å². The van der Waals surface area contributed by atoms with E-state index in [2.05, 4.69) is 111 Å². The Bertz CT molecular complexity index is 2330. The smallest absolute Gasteiger partial charge is 0.304 e. The fourth-order valence-corrected chi connectivity index (χ4v) is 12.8. The second-order valence-electron chi connectivity index (χ2n) is 24.3. The van der Waals surface area contributed by atoms with Gasteiger partial charge >= 0.3 is 5.97 Å². The number of hydrogen-bond donors (Lipinski definition) is 5. The van der Waals surface area contributed by atoms with Gasteiger partial charge in [0.05, 0.1) is 29.6 Å². The number of nitrogens with two attached hydrogens (primary N) is 1. The van der Waals surface area contributed by atoms with E-state index >= 15 is 0 Å². The molecule has 0 aliphatic heterocycles. The van der Waals surface area contributed by atoms with Gasteiger partial charge in [0.1, 0.15) is 6.10 Å². The van der Waals surface area contributed by atoms with Crippen LogP contribution < -0.4 is 5.73 Å². The van der Waals surface area contributed by atoms with E-state index in [9.17, 15) is 20.0 Å². The molecule has 2 aromatic rings. The van der Waals surface area contributed by atoms with Gasteiger partial charge in [-0.1, -0.05) is 153 Å². The molecule has 11 heteroatoms. The predicted molar refractivity (Wildman–Crippen MR) is 309 cm³/mol. The molecule has 75 heavy (non-hydrogen) atoms. The van der Waals surface area contributed by atoms with Gasteiger partial charge in [0.25, 0.3) is 0 Å². The van der Waals surface area contributed by atoms with Crippen LogP contribution in [0.15, 0.2) is 98.1 Å². The minimum atomic E-state index is -0.947. The van der Waals surface area contributed by atoms with E-state index in [0.717, 1.165) is 54.2 Å². The van der Waals surface area contributed by atoms with Crippen molar-refractivity contribution in [3.63, 3.8) is 0 Å². The summed E-state index contributed by atoms with van der Waals surface area (Å²) in [5, 5.41) is 57.1. The number of carbonyl (C=O) groups is 2. The zero-order valence-electron chi connectivity index (χ0n) is 49.0. The number of ketones is 1. The van der Waals surface area contributed by atoms with Crippen LogP contribution in [0.1, 0.15) is 197 Å². The summed E-state index contributed by atoms with van der Waals surface area (Å²) in [7, 11) is 0. The first-order valence-corrected chi connectivity index (χ1v) is 27.9. The molecule has 6 N–H and O–H groups in total. The van der Waals surface area contributed by atoms with Crippen LogP contribution in [-0.2, 0) is 16.1 Å². The van der Waals surface area contributed by atoms with Gasteiger partial charge in [0, 0.05) is 41.3 Å². The first-order chi connectivity index (χ1) is 35.0. The number of aromatic nitrogens is 3. The number of benzene rings is 1. The third-order valence-corrected chi connectivity index (χ3v) is 17.8. The summed E-state index contributed by atoms with van der Waals surface area (Å²) in [5.41, 5.74) is 10.1. The molecular formula is C64H101N5O6. The van der Waals surface area contributed by atoms with Gasteiger partial charge in [-0.25, -0.2) is 0 Å². The summed E-state index contributed by atoms with van der Waals surface area (Å²) in [5.74, 6) is 3.76. The normalized spacial score (nSPS) is 25.8. The summed E-state index contributed by atoms with van der Waals surface area (Å²) >= 11 is 0. The Balaban J connectivity index is 0.000000525. The van der Waals surface area contributed by atoms with Crippen LogP contribution in [0.2, 0.25) is 0 Å². The van der Waals surface area contributed by atoms with E-state index in [4.69, 9.17) is 21.1 Å². The second-order valence-corrected chi connectivity index (χ2v) is 24.3. The molecule has 11 nitrogen and oxygen atoms in total. The molecular weight excluding hydrogens is 935 g/mol. The van der Waals surface area contributed by atoms with E-state index in [1.165, 1.54) is 56.9 Å². The van der Waals surface area contributed by atoms with Crippen molar-refractivity contribution in [1.82, 2.24) is 14.8 Å². The van der Waals surface area contributed by atoms with Gasteiger partial charge < -0.3 is 30.7 Å². The molecule has 4 fully saturated rings. The number of aliphatic hydroxyl groups excluding tert-OH is 3. The van der Waals surface area contributed by atoms with E-state index in [0.29, 0.717) is 59.9 Å². The molecule has 1 aromatic heterocycles. The van der Waals surface area contributed by atoms with Crippen LogP contribution in [0.25, 0.3) is 11.4 Å². The fourth-order valence-electron chi connectivity index (χ4n) is 12.8. The Morgan fingerprint density at radius 3 is 1.91 bits per heavy atom. The van der Waals surface area contributed by atoms with Crippen LogP contribution in [0, 0.1) is 73.9 Å². The Labute approximate surface area is 454 Å². The number of carboxylic acids is 1. The number of aliphatic hydroxyl groups is 3. The lowest BCUT2D eigenvalue weighted by Crippen LogP contribution is -2.58. The molecule has 0 bridgehead atoms. The van der Waals surface area contributed by atoms with Crippen molar-refractivity contribution >= 4 is 11.8 Å². The highest BCUT2D eigenvalue weighted by Crippen LogP contribution is 2.72. The molecule has 5 aliphatic carbocycles. The van der Waals surface area contributed by atoms with E-state index in [1.807, 2.05) is 37.5 Å². The van der Waals surface area contributed by atoms with E-state index in [1.54, 1.807) is 32.1 Å². The van der Waals surface area contributed by atoms with Crippen molar-refractivity contribution in [3.05, 3.63) is 109 Å². The van der Waals surface area contributed by atoms with Crippen LogP contribution in [-0.4, -0.2) is 53.5 Å². The minimum absolute atomic E-state index is 0.0881. The summed E-state index contributed by atoms with van der Waals surface area (Å²) in [4.78, 5) is 24.2. The number of carbonyl (C=O) groups excluding carboxylic acids is 1. The fraction of sp³-hybridized carbons (Fsp3) is 0.641. The first kappa shape index (κ1) is 66.1. The number of hydrogen-bond acceptors (Lipinski definition) is 9. The van der Waals surface area contributed by atoms with Crippen molar-refractivity contribution in [2.45, 2.75) is 193 Å². The molecule has 8 atom stereocenters. The Kier molecular flexibility index (Phi) is 25.0. The topological polar surface area (TPSA) is 196 Å². The van der Waals surface area contributed by atoms with Gasteiger partial charge in [-0.05, 0) is 134 Å². The van der Waals surface area contributed by atoms with Crippen LogP contribution in [0.5, 0.6) is 0 Å². The van der Waals surface area contributed by atoms with Gasteiger partial charge in [0.15, 0.2) is 17.4 Å². The lowest BCUT2D eigenvalue weighted by molar-refractivity contribution is -0.155. The Morgan fingerprint density at radius 1 is 0.880 bits per heavy atom. The third-order valence-electron chi connectivity index (χ3n) is 17.8. The number of aliphatic carboxylic acids is 1. The Morgan fingerprint density at radius 2 is 1.47 bits per heavy atom. The maximum absolute atomic E-state index is 14.0. The summed E-state index contributed by atoms with van der Waals surface area (Å²) in [6, 6.07) is 9.46. The van der Waals surface area contributed by atoms with Crippen LogP contribution in [0.3, 0.4) is 0 Å². The summed E-state index contributed by atoms with van der Waals surface area (Å²) < 4.78 is 1.95. The Hall–Kier alpha value is -5.05. The molecule has 0 spiro atoms. The standard InChI is InChI=1S/C38H51N5O2.C7H12O3.C7H14O.C7H12.C3H8.C2H4/c1-23(2)31-29(44)21-38(33(45)35-42-41-34(43(35)20-19-39)25-10-8-24(22-40)9-11-25)18-15-28-27(32(31)38)12-13-30-36(3)16-6-5-7-26(36)14-17-37(28,30)4;1-5(8)7(2,3)4-6(9)10;1-5-7(3,4)6(2)8;1-5-7(4)6(2)3;1-3-2;1-2/h8-11,23,26-28,30,33,45H,5-7,12-21,39H2,1-4H3;8H,1,4H2,2-3H3,(H,9,10);8H,2,5H2,1,3-4H3;5-6H,1,4H2,2-3H3;3H2,1-2H3;1-2H2. The molecule has 0 saturated heterocycles. The molecule has 0 amide bonds. The molecule has 4 saturated carbocycles. The summed E-state index contributed by atoms with van der Waals surface area (Å²) in [6.07, 6.45) is 15.7. The second kappa shape index (κ2) is 28.4. The lowest BCUT2D eigenvalue weighted by Gasteiger charge is -2.66. The number of Topliss-reactive ketones (excluding diaryl/α,β-unsaturated/α-hetero) is 1. The molecule has 1 aromatic carbocycles. The van der Waals surface area contributed by atoms with Gasteiger partial charge in [-0.15, -0.1) is 23.4 Å². The van der Waals surface area contributed by atoms with Crippen LogP contribution >= 0.6 is 0 Å². The van der Waals surface area contributed by atoms with Gasteiger partial charge in [-0.2, -0.15) is 5.26 Å². The minimum Gasteiger partial charge on any atom is -0.512 e. The van der Waals surface area contributed by atoms with Gasteiger partial charge in [0.2, 0.25) is 0 Å². The highest BCUT2D eigenvalue weighted by Gasteiger charge is 2.65. The number of nitriles is 1. The molecule has 8 unspecified atom stereocenters. The third kappa shape index (κ3) is 15.1. The number of carboxylic acid groups (broad SMARTS) is 1. The monoisotopic (exact) mass is 1040 g/mol. The largest absolute Gasteiger partial charge is 0.512 e. The molecule has 1 heterocycles. The number of rotatable bonds is 13. The zero-order chi connectivity index (χ0) is 57.4. The quantitative estimate of drug-likeness (QED) is 0.0732. The SMILES string of the molecule is C=C.C=C(O)C(C)(C)CC.C=C(O)C(C)(C)CC(=O)O.C=CC(=C)C(C)C.CC(C)C1=C2C3CCC4C5(C)CCCCC5CCC4(C)C3CCC2(C(O)c2nnc(-c3ccc(C#N)cc3)n2CCN)CC1=O.CCC. The van der Waals surface area contributed by atoms with Crippen molar-refractivity contribution in [2.24, 2.45) is 68.3 Å². The van der Waals surface area contributed by atoms with Crippen molar-refractivity contribution in [2.75, 3.05) is 6.54 Å². The van der Waals surface area contributed by atoms with Crippen molar-refractivity contribution < 1.29 is 30.0 Å². The molecule has 418 valence electrons. The number of allylic oxidation sites excluding steroid dienone is 5.